The lowest BCUT2D eigenvalue weighted by molar-refractivity contribution is -0.424. The van der Waals surface area contributed by atoms with Crippen LogP contribution in [0.4, 0.5) is 14.4 Å². The Labute approximate surface area is 862 Å². The van der Waals surface area contributed by atoms with E-state index in [2.05, 4.69) is 59.5 Å². The lowest BCUT2D eigenvalue weighted by Gasteiger charge is -2.37. The highest BCUT2D eigenvalue weighted by atomic mass is 127. The van der Waals surface area contributed by atoms with Gasteiger partial charge in [0.1, 0.15) is 18.3 Å². The van der Waals surface area contributed by atoms with E-state index in [4.69, 9.17) is 142 Å². The van der Waals surface area contributed by atoms with Crippen molar-refractivity contribution in [1.29, 1.82) is 0 Å². The van der Waals surface area contributed by atoms with E-state index in [1.165, 1.54) is 91.0 Å². The molecule has 9 aliphatic rings. The van der Waals surface area contributed by atoms with Crippen molar-refractivity contribution in [2.75, 3.05) is 197 Å². The maximum atomic E-state index is 12.2. The van der Waals surface area contributed by atoms with Crippen molar-refractivity contribution in [2.24, 2.45) is 27.9 Å². The number of aliphatic imine (C=N–C) groups is 1. The van der Waals surface area contributed by atoms with E-state index in [9.17, 15) is 19.5 Å². The normalized spacial score (nSPS) is 22.8. The lowest BCUT2D eigenvalue weighted by atomic mass is 9.91. The molecule has 774 valence electrons. The Bertz CT molecular complexity index is 3790. The number of halogens is 9. The molecule has 4 saturated heterocycles. The van der Waals surface area contributed by atoms with Crippen LogP contribution < -0.4 is 71.5 Å². The van der Waals surface area contributed by atoms with Crippen LogP contribution in [0.15, 0.2) is 77.8 Å². The molecule has 135 heavy (non-hydrogen) atoms. The zero-order valence-corrected chi connectivity index (χ0v) is 88.8. The Morgan fingerprint density at radius 1 is 0.415 bits per heavy atom. The summed E-state index contributed by atoms with van der Waals surface area (Å²) < 4.78 is 92.7. The summed E-state index contributed by atoms with van der Waals surface area (Å²) in [6, 6.07) is 25.7. The van der Waals surface area contributed by atoms with Gasteiger partial charge >= 0.3 is 18.3 Å². The number of likely N-dealkylation sites (tertiary alicyclic amines) is 4. The average molecular weight is 2180 g/mol. The van der Waals surface area contributed by atoms with Crippen LogP contribution in [0, 0.1) is 0 Å². The summed E-state index contributed by atoms with van der Waals surface area (Å²) in [4.78, 5) is 50.1. The van der Waals surface area contributed by atoms with E-state index in [1.54, 1.807) is 63.1 Å². The monoisotopic (exact) mass is 2180 g/mol. The predicted molar refractivity (Wildman–Crippen MR) is 557 cm³/mol. The van der Waals surface area contributed by atoms with Crippen molar-refractivity contribution in [3.63, 3.8) is 0 Å². The third-order valence-electron chi connectivity index (χ3n) is 24.6. The highest BCUT2D eigenvalue weighted by molar-refractivity contribution is 14.1. The minimum Gasteiger partial charge on any atom is -0.493 e. The first-order valence-corrected chi connectivity index (χ1v) is 50.0. The van der Waals surface area contributed by atoms with Crippen molar-refractivity contribution in [3.8, 4) is 46.0 Å². The van der Waals surface area contributed by atoms with E-state index < -0.39 is 0 Å². The van der Waals surface area contributed by atoms with Gasteiger partial charge in [0.15, 0.2) is 58.8 Å². The highest BCUT2D eigenvalue weighted by Gasteiger charge is 2.41. The van der Waals surface area contributed by atoms with Crippen LogP contribution in [0.3, 0.4) is 0 Å². The number of amides is 3. The summed E-state index contributed by atoms with van der Waals surface area (Å²) in [5, 5.41) is 15.6. The van der Waals surface area contributed by atoms with Crippen LogP contribution in [-0.4, -0.2) is 330 Å². The number of nitrogens with one attached hydrogen (secondary N) is 2. The summed E-state index contributed by atoms with van der Waals surface area (Å²) in [5.41, 5.74) is 25.4. The second-order valence-electron chi connectivity index (χ2n) is 33.0. The second kappa shape index (κ2) is 75.0. The molecule has 0 spiro atoms. The fourth-order valence-corrected chi connectivity index (χ4v) is 18.1. The van der Waals surface area contributed by atoms with Crippen LogP contribution in [0.5, 0.6) is 46.0 Å². The number of alkyl carbamates (subject to hydrolysis) is 2. The number of β-amino-alcohol motifs (C(OH)–C–C–N with tert-alkyl or cyclic N) is 1. The molecular weight excluding hydrogens is 2020 g/mol. The maximum Gasteiger partial charge on any atom is 0.507 e. The summed E-state index contributed by atoms with van der Waals surface area (Å²) in [6.07, 6.45) is 28.4. The molecular formula is C95H158Cl8IN12O19+. The number of alkyl halides is 5. The van der Waals surface area contributed by atoms with Crippen LogP contribution in [-0.2, 0) is 58.8 Å². The van der Waals surface area contributed by atoms with Gasteiger partial charge in [0.05, 0.1) is 125 Å². The van der Waals surface area contributed by atoms with Crippen molar-refractivity contribution < 1.29 is 96.5 Å². The summed E-state index contributed by atoms with van der Waals surface area (Å²) in [6.45, 7) is 13.1. The highest BCUT2D eigenvalue weighted by Crippen LogP contribution is 2.37. The molecule has 5 aliphatic heterocycles. The summed E-state index contributed by atoms with van der Waals surface area (Å²) >= 11 is 21.0. The van der Waals surface area contributed by atoms with Gasteiger partial charge in [0.2, 0.25) is 0 Å². The first-order chi connectivity index (χ1) is 64.3. The number of aliphatic hydroxyl groups excluding tert-OH is 1. The first kappa shape index (κ1) is 124. The molecule has 31 nitrogen and oxygen atoms in total. The van der Waals surface area contributed by atoms with Crippen LogP contribution in [0.2, 0.25) is 0 Å². The van der Waals surface area contributed by atoms with Gasteiger partial charge in [0.25, 0.3) is 6.34 Å². The molecule has 4 aromatic rings. The molecule has 0 unspecified atom stereocenters. The quantitative estimate of drug-likeness (QED) is 0.00962. The van der Waals surface area contributed by atoms with E-state index in [0.717, 1.165) is 195 Å². The van der Waals surface area contributed by atoms with E-state index in [1.807, 2.05) is 71.1 Å². The Hall–Kier alpha value is -4.84. The van der Waals surface area contributed by atoms with E-state index >= 15 is 0 Å². The Kier molecular flexibility index (Phi) is 69.1. The number of hydrogen-bond acceptors (Lipinski definition) is 28. The van der Waals surface area contributed by atoms with Gasteiger partial charge in [-0.2, -0.15) is 9.37 Å². The van der Waals surface area contributed by atoms with Gasteiger partial charge in [-0.05, 0) is 178 Å². The number of carbonyl (C=O) groups is 3. The predicted octanol–water partition coefficient (Wildman–Crippen LogP) is 14.7. The molecule has 4 aliphatic carbocycles. The number of ether oxygens (including phenoxy) is 15. The van der Waals surface area contributed by atoms with Crippen LogP contribution >= 0.6 is 119 Å². The average Bonchev–Trinajstić information content (AvgIpc) is 1.67. The molecule has 0 aromatic heterocycles. The SMILES string of the molecule is COc1ccc(CCO[C@@H]2CCCC[C@H]2N2CC[C@@H](O)C2)cc1OC.COc1ccc(CCO[C@@H]2CCCC[C@H]2N2CC[C@@H](OC(=O)NCCN)C2)cc1OC.COc1ccc(CCO[C@@H]2CCCC[C@H]2N2CC[C@@H](OC(=O)NCCN)C2)cc1OC.COc1ccc(CCO[C@@H]2CCCC[C@H]2N2CC[C@@H](OC(=O)[N+]3=CN=CC3)C2)cc1OC.Cl.Cl.Cl.Cl.ClCCl.ClCCl.NCCN.[2H]CI. The molecule has 0 radical (unpaired) electrons. The maximum absolute atomic E-state index is 12.2. The number of aliphatic hydroxyl groups is 1. The molecule has 13 rings (SSSR count). The van der Waals surface area contributed by atoms with Crippen LogP contribution in [0.1, 0.15) is 152 Å². The van der Waals surface area contributed by atoms with Crippen molar-refractivity contribution in [2.45, 2.75) is 227 Å². The molecule has 5 heterocycles. The molecule has 12 atom stereocenters. The van der Waals surface area contributed by atoms with Gasteiger partial charge in [-0.15, -0.1) is 96.0 Å². The van der Waals surface area contributed by atoms with Crippen molar-refractivity contribution in [3.05, 3.63) is 95.1 Å². The fraction of sp³-hybridized carbons (Fsp3) is 0.695. The van der Waals surface area contributed by atoms with Gasteiger partial charge in [-0.25, -0.2) is 9.59 Å². The molecule has 4 saturated carbocycles. The zero-order valence-electron chi connectivity index (χ0n) is 81.3. The molecule has 3 amide bonds. The number of hydrogen-bond donors (Lipinski definition) is 7. The molecule has 4 aromatic carbocycles. The summed E-state index contributed by atoms with van der Waals surface area (Å²) in [5.74, 6) is 5.97. The second-order valence-corrected chi connectivity index (χ2v) is 34.6. The third kappa shape index (κ3) is 45.1. The van der Waals surface area contributed by atoms with Gasteiger partial charge < -0.3 is 110 Å². The van der Waals surface area contributed by atoms with Crippen molar-refractivity contribution in [1.82, 2.24) is 30.2 Å². The number of rotatable bonds is 36. The minimum atomic E-state index is -0.372. The van der Waals surface area contributed by atoms with E-state index in [-0.39, 0.29) is 121 Å². The molecule has 0 bridgehead atoms. The smallest absolute Gasteiger partial charge is 0.493 e. The number of nitrogens with two attached hydrogens (primary N) is 4. The standard InChI is InChI=1S/C24H34N3O5.2C23H37N3O5.C20H31NO4.C2H8N2.2CH2Cl2.CH3I.4ClH/c1-29-22-8-7-18(15-23(22)30-2)10-14-31-21-6-4-3-5-20(21)26-12-9-19(16-26)32-24(28)27-13-11-25-17-27;2*1-28-21-8-7-17(15-22(21)29-2)10-14-30-20-6-4-3-5-19(20)26-13-9-18(16-26)31-23(27)25-12-11-24;1-23-19-8-7-15(13-20(19)24-2)10-12-25-18-6-4-3-5-17(18)21-11-9-16(22)14-21;3-1-2-4;2*2-1-3;1-2;;;;/h7-8,11,15,17,19-21H,3-6,9-10,12-14,16H2,1-2H3;2*7-8,15,18-20H,3-6,9-14,16,24H2,1-2H3,(H,25,27);7-8,13,16-18,22H,3-6,9-12,14H2,1-2H3;1-4H2;2*1H2;1H3;4*1H/q+1;;;;;;;;;;;/t19-,20-,21-;2*18-,19-,20-;16-,17-,18-;;;;;;;;/m1111......../s1/i;;;;;;;1D;;;;. The third-order valence-corrected chi connectivity index (χ3v) is 24.6. The van der Waals surface area contributed by atoms with Crippen molar-refractivity contribution >= 4 is 149 Å². The largest absolute Gasteiger partial charge is 0.507 e. The van der Waals surface area contributed by atoms with E-state index in [0.29, 0.717) is 107 Å². The Balaban J connectivity index is 0.000000583. The Morgan fingerprint density at radius 3 is 0.926 bits per heavy atom. The minimum absolute atomic E-state index is 0. The van der Waals surface area contributed by atoms with Gasteiger partial charge in [-0.1, -0.05) is 103 Å². The molecule has 8 fully saturated rings. The lowest BCUT2D eigenvalue weighted by Crippen LogP contribution is -2.46. The topological polar surface area (TPSA) is 366 Å². The number of nitrogens with zero attached hydrogens (tertiary/aromatic N) is 6. The Morgan fingerprint density at radius 2 is 0.681 bits per heavy atom. The number of benzene rings is 4. The zero-order chi connectivity index (χ0) is 95.6. The first-order valence-electron chi connectivity index (χ1n) is 47.1. The molecule has 11 N–H and O–H groups in total. The fourth-order valence-electron chi connectivity index (χ4n) is 18.1. The number of carbonyl (C=O) groups excluding carboxylic acids is 3. The summed E-state index contributed by atoms with van der Waals surface area (Å²) in [7, 11) is 13.2. The molecule has 40 heteroatoms. The number of methoxy groups -OCH3 is 8. The van der Waals surface area contributed by atoms with Crippen LogP contribution in [0.25, 0.3) is 0 Å². The van der Waals surface area contributed by atoms with Gasteiger partial charge in [0, 0.05) is 117 Å². The van der Waals surface area contributed by atoms with Gasteiger partial charge in [-0.3, -0.25) is 19.6 Å².